The summed E-state index contributed by atoms with van der Waals surface area (Å²) in [6.07, 6.45) is 28.8. The van der Waals surface area contributed by atoms with Gasteiger partial charge in [0.05, 0.1) is 0 Å². The van der Waals surface area contributed by atoms with Gasteiger partial charge in [0, 0.05) is 0 Å². The van der Waals surface area contributed by atoms with Crippen LogP contribution in [-0.4, -0.2) is 39.6 Å². The first-order valence-electron chi connectivity index (χ1n) is 8.59. The molecule has 0 saturated heterocycles. The van der Waals surface area contributed by atoms with Crippen molar-refractivity contribution in [2.24, 2.45) is 0 Å². The molecule has 0 radical (unpaired) electrons. The van der Waals surface area contributed by atoms with Gasteiger partial charge in [-0.05, 0) is 0 Å². The minimum absolute atomic E-state index is 0.455. The van der Waals surface area contributed by atoms with Crippen molar-refractivity contribution in [2.45, 2.75) is 42.5 Å². The van der Waals surface area contributed by atoms with E-state index in [1.165, 1.54) is 0 Å². The van der Waals surface area contributed by atoms with Crippen molar-refractivity contribution in [2.75, 3.05) is 6.16 Å². The fourth-order valence-corrected chi connectivity index (χ4v) is 10.9. The Balaban J connectivity index is 2.03. The molecule has 124 valence electrons. The van der Waals surface area contributed by atoms with Crippen LogP contribution in [0.3, 0.4) is 0 Å². The van der Waals surface area contributed by atoms with Gasteiger partial charge >= 0.3 is 139 Å². The normalized spacial score (nSPS) is 30.3. The summed E-state index contributed by atoms with van der Waals surface area (Å²) >= 11 is 0. The molecular weight excluding hydrogens is 303 g/mol. The van der Waals surface area contributed by atoms with Gasteiger partial charge in [-0.3, -0.25) is 0 Å². The van der Waals surface area contributed by atoms with Gasteiger partial charge in [0.25, 0.3) is 0 Å². The third-order valence-corrected chi connectivity index (χ3v) is 12.0. The fourth-order valence-electron chi connectivity index (χ4n) is 4.53. The molecule has 0 aromatic carbocycles. The van der Waals surface area contributed by atoms with Crippen molar-refractivity contribution in [3.05, 3.63) is 72.9 Å². The summed E-state index contributed by atoms with van der Waals surface area (Å²) in [5.74, 6) is 0. The molecule has 3 atom stereocenters. The molecule has 3 heteroatoms. The van der Waals surface area contributed by atoms with Gasteiger partial charge in [-0.2, -0.15) is 0 Å². The van der Waals surface area contributed by atoms with E-state index in [4.69, 9.17) is 0 Å². The molecule has 2 nitrogen and oxygen atoms in total. The third-order valence-electron chi connectivity index (χ3n) is 5.55. The molecule has 0 heterocycles. The summed E-state index contributed by atoms with van der Waals surface area (Å²) in [7, 11) is -2.07. The van der Waals surface area contributed by atoms with E-state index < -0.39 is 13.6 Å². The monoisotopic (exact) mass is 330 g/mol. The first-order valence-corrected chi connectivity index (χ1v) is 11.0. The summed E-state index contributed by atoms with van der Waals surface area (Å²) in [6.45, 7) is 0. The van der Waals surface area contributed by atoms with E-state index in [1.807, 2.05) is 0 Å². The zero-order valence-electron chi connectivity index (χ0n) is 13.5. The molecule has 3 unspecified atom stereocenters. The molecule has 23 heavy (non-hydrogen) atoms. The average Bonchev–Trinajstić information content (AvgIpc) is 2.62. The van der Waals surface area contributed by atoms with Gasteiger partial charge in [-0.1, -0.05) is 0 Å². The molecule has 0 saturated carbocycles. The van der Waals surface area contributed by atoms with Crippen LogP contribution in [0.25, 0.3) is 0 Å². The van der Waals surface area contributed by atoms with Gasteiger partial charge in [-0.25, -0.2) is 0 Å². The van der Waals surface area contributed by atoms with Gasteiger partial charge in [0.15, 0.2) is 0 Å². The molecule has 0 aromatic heterocycles. The molecule has 3 aliphatic carbocycles. The van der Waals surface area contributed by atoms with Crippen LogP contribution in [-0.2, 0) is 0 Å². The molecule has 0 spiro atoms. The molecule has 0 fully saturated rings. The molecule has 0 aromatic rings. The van der Waals surface area contributed by atoms with Crippen LogP contribution < -0.4 is 0 Å². The van der Waals surface area contributed by atoms with Crippen molar-refractivity contribution in [3.8, 4) is 0 Å². The van der Waals surface area contributed by atoms with Crippen LogP contribution in [0.2, 0.25) is 0 Å². The van der Waals surface area contributed by atoms with Crippen LogP contribution in [0, 0.1) is 0 Å². The predicted octanol–water partition coefficient (Wildman–Crippen LogP) is 3.70. The van der Waals surface area contributed by atoms with Crippen LogP contribution in [0.5, 0.6) is 0 Å². The molecule has 0 bridgehead atoms. The summed E-state index contributed by atoms with van der Waals surface area (Å²) in [4.78, 5) is 0. The maximum atomic E-state index is 9.94. The summed E-state index contributed by atoms with van der Waals surface area (Å²) in [6, 6.07) is 0. The Bertz CT molecular complexity index is 506. The van der Waals surface area contributed by atoms with E-state index in [1.54, 1.807) is 0 Å². The number of aliphatic hydroxyl groups is 2. The van der Waals surface area contributed by atoms with E-state index in [-0.39, 0.29) is 0 Å². The van der Waals surface area contributed by atoms with E-state index in [0.717, 1.165) is 19.3 Å². The van der Waals surface area contributed by atoms with Crippen molar-refractivity contribution in [3.63, 3.8) is 0 Å². The Morgan fingerprint density at radius 1 is 0.696 bits per heavy atom. The van der Waals surface area contributed by atoms with Crippen molar-refractivity contribution >= 4 is 7.26 Å². The van der Waals surface area contributed by atoms with Crippen LogP contribution in [0.15, 0.2) is 72.9 Å². The van der Waals surface area contributed by atoms with Crippen LogP contribution >= 0.6 is 7.26 Å². The number of allylic oxidation sites excluding steroid dienone is 12. The van der Waals surface area contributed by atoms with E-state index in [2.05, 4.69) is 72.9 Å². The Morgan fingerprint density at radius 3 is 1.35 bits per heavy atom. The molecular formula is C20H27O2P. The summed E-state index contributed by atoms with van der Waals surface area (Å²) in [5, 5.41) is 19.9. The van der Waals surface area contributed by atoms with Crippen molar-refractivity contribution in [1.82, 2.24) is 0 Å². The topological polar surface area (TPSA) is 40.5 Å². The Morgan fingerprint density at radius 2 is 1.09 bits per heavy atom. The zero-order valence-corrected chi connectivity index (χ0v) is 14.5. The Kier molecular flexibility index (Phi) is 5.48. The second kappa shape index (κ2) is 7.57. The predicted molar refractivity (Wildman–Crippen MR) is 101 cm³/mol. The Labute approximate surface area is 139 Å². The first kappa shape index (κ1) is 16.6. The molecule has 3 rings (SSSR count). The maximum absolute atomic E-state index is 9.94. The van der Waals surface area contributed by atoms with Crippen molar-refractivity contribution < 1.29 is 10.2 Å². The summed E-state index contributed by atoms with van der Waals surface area (Å²) < 4.78 is 0. The third kappa shape index (κ3) is 3.50. The van der Waals surface area contributed by atoms with Gasteiger partial charge < -0.3 is 0 Å². The standard InChI is InChI=1S/C20H27O2P/c21-20(22)16-23(17-10-4-1-5-11-17,18-12-6-2-7-13-18)19-14-8-3-9-15-19/h1-10,12,14,17-23H,11,13,15-16H2. The minimum atomic E-state index is -2.07. The number of hydrogen-bond donors (Lipinski definition) is 2. The van der Waals surface area contributed by atoms with E-state index >= 15 is 0 Å². The van der Waals surface area contributed by atoms with Crippen molar-refractivity contribution in [1.29, 1.82) is 0 Å². The molecule has 2 N–H and O–H groups in total. The number of rotatable bonds is 5. The quantitative estimate of drug-likeness (QED) is 0.596. The summed E-state index contributed by atoms with van der Waals surface area (Å²) in [5.41, 5.74) is 1.37. The Hall–Kier alpha value is -1.21. The van der Waals surface area contributed by atoms with Gasteiger partial charge in [0.1, 0.15) is 0 Å². The second-order valence-corrected chi connectivity index (χ2v) is 11.6. The number of aliphatic hydroxyl groups excluding tert-OH is 1. The SMILES string of the molecule is OC(O)C[PH](C1C=CC=CC1)(C1C=CC=CC1)C1C=CC=CC1. The first-order chi connectivity index (χ1) is 11.2. The fraction of sp³-hybridized carbons (Fsp3) is 0.400. The second-order valence-electron chi connectivity index (χ2n) is 6.76. The molecule has 0 amide bonds. The van der Waals surface area contributed by atoms with E-state index in [9.17, 15) is 10.2 Å². The van der Waals surface area contributed by atoms with E-state index in [0.29, 0.717) is 23.1 Å². The number of hydrogen-bond acceptors (Lipinski definition) is 2. The zero-order chi connectivity index (χ0) is 16.1. The molecule has 3 aliphatic rings. The van der Waals surface area contributed by atoms with Crippen LogP contribution in [0.4, 0.5) is 0 Å². The van der Waals surface area contributed by atoms with Gasteiger partial charge in [0.2, 0.25) is 0 Å². The molecule has 0 aliphatic heterocycles. The average molecular weight is 330 g/mol. The van der Waals surface area contributed by atoms with Gasteiger partial charge in [-0.15, -0.1) is 0 Å². The van der Waals surface area contributed by atoms with Crippen LogP contribution in [0.1, 0.15) is 19.3 Å².